The van der Waals surface area contributed by atoms with Crippen LogP contribution in [0.1, 0.15) is 11.5 Å². The summed E-state index contributed by atoms with van der Waals surface area (Å²) in [5, 5.41) is 3.85. The molecule has 0 aromatic carbocycles. The summed E-state index contributed by atoms with van der Waals surface area (Å²) in [7, 11) is 0.321. The van der Waals surface area contributed by atoms with Crippen molar-refractivity contribution < 1.29 is 9.26 Å². The summed E-state index contributed by atoms with van der Waals surface area (Å²) in [5.74, 6) is 0.760. The summed E-state index contributed by atoms with van der Waals surface area (Å²) in [5.41, 5.74) is 1.92. The lowest BCUT2D eigenvalue weighted by molar-refractivity contribution is 0.223. The van der Waals surface area contributed by atoms with E-state index in [1.807, 2.05) is 19.1 Å². The van der Waals surface area contributed by atoms with Gasteiger partial charge in [0.25, 0.3) is 0 Å². The Morgan fingerprint density at radius 3 is 2.69 bits per heavy atom. The maximum atomic E-state index is 5.16. The fourth-order valence-corrected chi connectivity index (χ4v) is 2.48. The van der Waals surface area contributed by atoms with E-state index in [9.17, 15) is 0 Å². The van der Waals surface area contributed by atoms with Gasteiger partial charge in [0.15, 0.2) is 5.76 Å². The molecule has 0 radical (unpaired) electrons. The van der Waals surface area contributed by atoms with Gasteiger partial charge in [0.2, 0.25) is 0 Å². The van der Waals surface area contributed by atoms with E-state index < -0.39 is 8.24 Å². The maximum Gasteiger partial charge on any atom is 0.161 e. The molecule has 0 aliphatic heterocycles. The monoisotopic (exact) mass is 240 g/mol. The molecule has 1 N–H and O–H groups in total. The summed E-state index contributed by atoms with van der Waals surface area (Å²) in [6, 6.07) is 1.90. The standard InChI is InChI=1S/C11H20N2O2Si/c1-9-6-11(15-12-9)7-10(8-14-2)13-16(3,4)5/h6-7,13H,8H2,1-5H3/b10-7+. The van der Waals surface area contributed by atoms with Crippen LogP contribution in [0.2, 0.25) is 19.6 Å². The van der Waals surface area contributed by atoms with E-state index in [-0.39, 0.29) is 0 Å². The third-order valence-electron chi connectivity index (χ3n) is 1.80. The predicted octanol–water partition coefficient (Wildman–Crippen LogP) is 2.39. The van der Waals surface area contributed by atoms with Gasteiger partial charge in [-0.25, -0.2) is 0 Å². The van der Waals surface area contributed by atoms with E-state index in [4.69, 9.17) is 9.26 Å². The van der Waals surface area contributed by atoms with E-state index in [1.54, 1.807) is 7.11 Å². The lowest BCUT2D eigenvalue weighted by Gasteiger charge is -2.21. The molecule has 4 nitrogen and oxygen atoms in total. The van der Waals surface area contributed by atoms with Crippen LogP contribution < -0.4 is 4.98 Å². The molecule has 0 aliphatic carbocycles. The fraction of sp³-hybridized carbons (Fsp3) is 0.545. The third-order valence-corrected chi connectivity index (χ3v) is 2.87. The minimum atomic E-state index is -1.36. The number of nitrogens with zero attached hydrogens (tertiary/aromatic N) is 1. The van der Waals surface area contributed by atoms with Crippen molar-refractivity contribution >= 4 is 14.3 Å². The van der Waals surface area contributed by atoms with Gasteiger partial charge in [-0.05, 0) is 6.92 Å². The molecule has 0 atom stereocenters. The Balaban J connectivity index is 2.80. The van der Waals surface area contributed by atoms with E-state index in [0.717, 1.165) is 17.2 Å². The molecule has 0 bridgehead atoms. The SMILES string of the molecule is COC/C(=C\c1cc(C)no1)N[Si](C)(C)C. The maximum absolute atomic E-state index is 5.16. The molecule has 0 saturated heterocycles. The molecule has 1 aromatic heterocycles. The molecule has 0 spiro atoms. The Morgan fingerprint density at radius 2 is 2.25 bits per heavy atom. The normalized spacial score (nSPS) is 12.9. The van der Waals surface area contributed by atoms with Crippen LogP contribution in [-0.2, 0) is 4.74 Å². The van der Waals surface area contributed by atoms with Crippen LogP contribution in [0.4, 0.5) is 0 Å². The molecule has 5 heteroatoms. The van der Waals surface area contributed by atoms with Crippen molar-refractivity contribution in [2.45, 2.75) is 26.6 Å². The molecule has 1 rings (SSSR count). The first-order chi connectivity index (χ1) is 7.40. The van der Waals surface area contributed by atoms with E-state index >= 15 is 0 Å². The third kappa shape index (κ3) is 4.63. The van der Waals surface area contributed by atoms with Crippen molar-refractivity contribution in [1.29, 1.82) is 0 Å². The Morgan fingerprint density at radius 1 is 1.56 bits per heavy atom. The van der Waals surface area contributed by atoms with Crippen LogP contribution in [0.15, 0.2) is 16.3 Å². The molecular formula is C11H20N2O2Si. The van der Waals surface area contributed by atoms with Crippen molar-refractivity contribution in [1.82, 2.24) is 10.1 Å². The number of hydrogen-bond donors (Lipinski definition) is 1. The van der Waals surface area contributed by atoms with E-state index in [1.165, 1.54) is 0 Å². The smallest absolute Gasteiger partial charge is 0.161 e. The first-order valence-corrected chi connectivity index (χ1v) is 8.82. The second kappa shape index (κ2) is 5.31. The van der Waals surface area contributed by atoms with Gasteiger partial charge >= 0.3 is 0 Å². The Bertz CT molecular complexity index is 366. The summed E-state index contributed by atoms with van der Waals surface area (Å²) >= 11 is 0. The van der Waals surface area contributed by atoms with Crippen LogP contribution in [-0.4, -0.2) is 27.1 Å². The second-order valence-electron chi connectivity index (χ2n) is 4.85. The first-order valence-electron chi connectivity index (χ1n) is 5.32. The summed E-state index contributed by atoms with van der Waals surface area (Å²) in [6.07, 6.45) is 1.95. The van der Waals surface area contributed by atoms with Crippen LogP contribution >= 0.6 is 0 Å². The van der Waals surface area contributed by atoms with Gasteiger partial charge in [0.1, 0.15) is 8.24 Å². The summed E-state index contributed by atoms with van der Waals surface area (Å²) in [4.78, 5) is 3.50. The van der Waals surface area contributed by atoms with Crippen LogP contribution in [0, 0.1) is 6.92 Å². The molecule has 0 fully saturated rings. The number of rotatable bonds is 5. The largest absolute Gasteiger partial charge is 0.412 e. The van der Waals surface area contributed by atoms with E-state index in [0.29, 0.717) is 6.61 Å². The van der Waals surface area contributed by atoms with Crippen LogP contribution in [0.25, 0.3) is 6.08 Å². The quantitative estimate of drug-likeness (QED) is 0.803. The molecule has 1 heterocycles. The van der Waals surface area contributed by atoms with Crippen molar-refractivity contribution in [2.75, 3.05) is 13.7 Å². The van der Waals surface area contributed by atoms with Gasteiger partial charge in [-0.3, -0.25) is 0 Å². The van der Waals surface area contributed by atoms with Gasteiger partial charge in [-0.2, -0.15) is 0 Å². The van der Waals surface area contributed by atoms with Crippen LogP contribution in [0.3, 0.4) is 0 Å². The first kappa shape index (κ1) is 13.0. The average Bonchev–Trinajstić information content (AvgIpc) is 2.48. The number of nitrogens with one attached hydrogen (secondary N) is 1. The highest BCUT2D eigenvalue weighted by Crippen LogP contribution is 2.09. The zero-order valence-electron chi connectivity index (χ0n) is 10.6. The average molecular weight is 240 g/mol. The van der Waals surface area contributed by atoms with E-state index in [2.05, 4.69) is 29.8 Å². The topological polar surface area (TPSA) is 47.3 Å². The number of methoxy groups -OCH3 is 1. The second-order valence-corrected chi connectivity index (χ2v) is 9.60. The van der Waals surface area contributed by atoms with Crippen molar-refractivity contribution in [3.8, 4) is 0 Å². The highest BCUT2D eigenvalue weighted by atomic mass is 28.3. The molecule has 90 valence electrons. The van der Waals surface area contributed by atoms with Gasteiger partial charge in [0.05, 0.1) is 12.3 Å². The molecule has 16 heavy (non-hydrogen) atoms. The molecule has 0 aliphatic rings. The lowest BCUT2D eigenvalue weighted by Crippen LogP contribution is -2.41. The van der Waals surface area contributed by atoms with Gasteiger partial charge in [-0.1, -0.05) is 24.8 Å². The van der Waals surface area contributed by atoms with Crippen LogP contribution in [0.5, 0.6) is 0 Å². The van der Waals surface area contributed by atoms with Crippen molar-refractivity contribution in [3.63, 3.8) is 0 Å². The Hall–Kier alpha value is -1.07. The van der Waals surface area contributed by atoms with Gasteiger partial charge < -0.3 is 14.2 Å². The number of aromatic nitrogens is 1. The molecular weight excluding hydrogens is 220 g/mol. The lowest BCUT2D eigenvalue weighted by atomic mass is 10.3. The Labute approximate surface area is 97.8 Å². The predicted molar refractivity (Wildman–Crippen MR) is 67.6 cm³/mol. The fourth-order valence-electron chi connectivity index (χ4n) is 1.37. The Kier molecular flexibility index (Phi) is 4.32. The molecule has 1 aromatic rings. The molecule has 0 saturated carbocycles. The number of ether oxygens (including phenoxy) is 1. The van der Waals surface area contributed by atoms with Gasteiger partial charge in [-0.15, -0.1) is 0 Å². The number of hydrogen-bond acceptors (Lipinski definition) is 4. The number of aryl methyl sites for hydroxylation is 1. The van der Waals surface area contributed by atoms with Crippen molar-refractivity contribution in [3.05, 3.63) is 23.2 Å². The van der Waals surface area contributed by atoms with Gasteiger partial charge in [0, 0.05) is 24.9 Å². The minimum absolute atomic E-state index is 0.560. The highest BCUT2D eigenvalue weighted by Gasteiger charge is 2.14. The zero-order chi connectivity index (χ0) is 12.2. The molecule has 0 unspecified atom stereocenters. The van der Waals surface area contributed by atoms with Crippen molar-refractivity contribution in [2.24, 2.45) is 0 Å². The summed E-state index contributed by atoms with van der Waals surface area (Å²) in [6.45, 7) is 9.18. The molecule has 0 amide bonds. The zero-order valence-corrected chi connectivity index (χ0v) is 11.6. The highest BCUT2D eigenvalue weighted by molar-refractivity contribution is 6.74. The summed E-state index contributed by atoms with van der Waals surface area (Å²) < 4.78 is 10.3. The minimum Gasteiger partial charge on any atom is -0.412 e.